The first-order valence-corrected chi connectivity index (χ1v) is 6.14. The molecule has 17 heavy (non-hydrogen) atoms. The molecule has 0 bridgehead atoms. The summed E-state index contributed by atoms with van der Waals surface area (Å²) in [5.41, 5.74) is 1.82. The SMILES string of the molecule is COc1ccc(C2=NCC(=O)SC2)c(OC)c1. The second-order valence-corrected chi connectivity index (χ2v) is 4.52. The number of hydrogen-bond donors (Lipinski definition) is 0. The lowest BCUT2D eigenvalue weighted by molar-refractivity contribution is -0.109. The maximum Gasteiger partial charge on any atom is 0.210 e. The van der Waals surface area contributed by atoms with E-state index in [2.05, 4.69) is 4.99 Å². The molecule has 1 heterocycles. The molecule has 0 amide bonds. The van der Waals surface area contributed by atoms with Crippen molar-refractivity contribution < 1.29 is 14.3 Å². The number of aliphatic imine (C=N–C) groups is 1. The Morgan fingerprint density at radius 3 is 2.71 bits per heavy atom. The summed E-state index contributed by atoms with van der Waals surface area (Å²) in [6.07, 6.45) is 0. The van der Waals surface area contributed by atoms with Crippen molar-refractivity contribution in [2.24, 2.45) is 4.99 Å². The van der Waals surface area contributed by atoms with Crippen LogP contribution in [0.5, 0.6) is 11.5 Å². The zero-order chi connectivity index (χ0) is 12.3. The lowest BCUT2D eigenvalue weighted by Gasteiger charge is -2.14. The third kappa shape index (κ3) is 2.61. The van der Waals surface area contributed by atoms with Crippen molar-refractivity contribution in [2.75, 3.05) is 26.5 Å². The van der Waals surface area contributed by atoms with Gasteiger partial charge in [0.05, 0.1) is 19.9 Å². The zero-order valence-electron chi connectivity index (χ0n) is 9.73. The number of benzene rings is 1. The fourth-order valence-corrected chi connectivity index (χ4v) is 2.30. The molecule has 0 fully saturated rings. The first-order chi connectivity index (χ1) is 8.24. The predicted octanol–water partition coefficient (Wildman–Crippen LogP) is 1.77. The van der Waals surface area contributed by atoms with E-state index in [1.54, 1.807) is 14.2 Å². The van der Waals surface area contributed by atoms with Crippen molar-refractivity contribution in [3.05, 3.63) is 23.8 Å². The number of nitrogens with zero attached hydrogens (tertiary/aromatic N) is 1. The van der Waals surface area contributed by atoms with Crippen LogP contribution in [0.1, 0.15) is 5.56 Å². The largest absolute Gasteiger partial charge is 0.497 e. The summed E-state index contributed by atoms with van der Waals surface area (Å²) in [7, 11) is 3.22. The van der Waals surface area contributed by atoms with Crippen LogP contribution in [-0.2, 0) is 4.79 Å². The molecule has 1 aliphatic heterocycles. The molecule has 0 aliphatic carbocycles. The lowest BCUT2D eigenvalue weighted by Crippen LogP contribution is -2.16. The molecule has 1 aromatic carbocycles. The summed E-state index contributed by atoms with van der Waals surface area (Å²) in [5, 5.41) is 0.112. The van der Waals surface area contributed by atoms with Gasteiger partial charge >= 0.3 is 0 Å². The number of hydrogen-bond acceptors (Lipinski definition) is 5. The Morgan fingerprint density at radius 1 is 1.29 bits per heavy atom. The Labute approximate surface area is 104 Å². The highest BCUT2D eigenvalue weighted by Gasteiger charge is 2.17. The summed E-state index contributed by atoms with van der Waals surface area (Å²) in [6.45, 7) is 0.245. The van der Waals surface area contributed by atoms with Crippen LogP contribution in [-0.4, -0.2) is 37.3 Å². The van der Waals surface area contributed by atoms with E-state index in [0.717, 1.165) is 22.8 Å². The molecule has 0 saturated heterocycles. The number of rotatable bonds is 3. The maximum atomic E-state index is 11.1. The fourth-order valence-electron chi connectivity index (χ4n) is 1.60. The van der Waals surface area contributed by atoms with Gasteiger partial charge in [-0.1, -0.05) is 11.8 Å². The third-order valence-corrected chi connectivity index (χ3v) is 3.36. The van der Waals surface area contributed by atoms with Crippen molar-refractivity contribution in [1.82, 2.24) is 0 Å². The van der Waals surface area contributed by atoms with Crippen LogP contribution in [0.3, 0.4) is 0 Å². The van der Waals surface area contributed by atoms with Crippen LogP contribution in [0.25, 0.3) is 0 Å². The van der Waals surface area contributed by atoms with E-state index >= 15 is 0 Å². The predicted molar refractivity (Wildman–Crippen MR) is 68.4 cm³/mol. The minimum Gasteiger partial charge on any atom is -0.497 e. The first kappa shape index (κ1) is 12.0. The second-order valence-electron chi connectivity index (χ2n) is 3.49. The second kappa shape index (κ2) is 5.23. The Kier molecular flexibility index (Phi) is 3.68. The molecule has 0 spiro atoms. The molecule has 1 aliphatic rings. The molecule has 0 aromatic heterocycles. The number of methoxy groups -OCH3 is 2. The van der Waals surface area contributed by atoms with E-state index in [9.17, 15) is 4.79 Å². The Morgan fingerprint density at radius 2 is 2.12 bits per heavy atom. The summed E-state index contributed by atoms with van der Waals surface area (Å²) in [6, 6.07) is 5.59. The minimum atomic E-state index is 0.112. The highest BCUT2D eigenvalue weighted by molar-refractivity contribution is 8.14. The van der Waals surface area contributed by atoms with E-state index < -0.39 is 0 Å². The Bertz CT molecular complexity index is 471. The van der Waals surface area contributed by atoms with Crippen molar-refractivity contribution in [3.63, 3.8) is 0 Å². The van der Waals surface area contributed by atoms with Crippen LogP contribution >= 0.6 is 11.8 Å². The van der Waals surface area contributed by atoms with Gasteiger partial charge in [0.2, 0.25) is 5.12 Å². The van der Waals surface area contributed by atoms with Gasteiger partial charge in [-0.25, -0.2) is 0 Å². The molecule has 0 saturated carbocycles. The normalized spacial score (nSPS) is 15.4. The van der Waals surface area contributed by atoms with Gasteiger partial charge in [0.15, 0.2) is 0 Å². The summed E-state index contributed by atoms with van der Waals surface area (Å²) < 4.78 is 10.4. The van der Waals surface area contributed by atoms with Gasteiger partial charge in [0.1, 0.15) is 18.0 Å². The van der Waals surface area contributed by atoms with E-state index in [1.807, 2.05) is 18.2 Å². The average Bonchev–Trinajstić information content (AvgIpc) is 2.39. The van der Waals surface area contributed by atoms with E-state index in [4.69, 9.17) is 9.47 Å². The minimum absolute atomic E-state index is 0.112. The van der Waals surface area contributed by atoms with Crippen molar-refractivity contribution in [1.29, 1.82) is 0 Å². The summed E-state index contributed by atoms with van der Waals surface area (Å²) in [4.78, 5) is 15.4. The van der Waals surface area contributed by atoms with Crippen LogP contribution in [0, 0.1) is 0 Å². The molecule has 0 radical (unpaired) electrons. The number of carbonyl (C=O) groups is 1. The topological polar surface area (TPSA) is 47.9 Å². The van der Waals surface area contributed by atoms with E-state index in [0.29, 0.717) is 5.75 Å². The van der Waals surface area contributed by atoms with Gasteiger partial charge in [0.25, 0.3) is 0 Å². The van der Waals surface area contributed by atoms with Crippen LogP contribution in [0.4, 0.5) is 0 Å². The zero-order valence-corrected chi connectivity index (χ0v) is 10.5. The van der Waals surface area contributed by atoms with Crippen molar-refractivity contribution in [2.45, 2.75) is 0 Å². The van der Waals surface area contributed by atoms with Crippen LogP contribution in [0.15, 0.2) is 23.2 Å². The fraction of sp³-hybridized carbons (Fsp3) is 0.333. The van der Waals surface area contributed by atoms with E-state index in [1.165, 1.54) is 11.8 Å². The third-order valence-electron chi connectivity index (χ3n) is 2.49. The van der Waals surface area contributed by atoms with Crippen LogP contribution in [0.2, 0.25) is 0 Å². The Hall–Kier alpha value is -1.49. The van der Waals surface area contributed by atoms with Crippen molar-refractivity contribution in [3.8, 4) is 11.5 Å². The highest BCUT2D eigenvalue weighted by atomic mass is 32.2. The number of thioether (sulfide) groups is 1. The highest BCUT2D eigenvalue weighted by Crippen LogP contribution is 2.27. The average molecular weight is 251 g/mol. The van der Waals surface area contributed by atoms with Crippen LogP contribution < -0.4 is 9.47 Å². The molecule has 4 nitrogen and oxygen atoms in total. The first-order valence-electron chi connectivity index (χ1n) is 5.16. The van der Waals surface area contributed by atoms with Gasteiger partial charge < -0.3 is 9.47 Å². The molecule has 2 rings (SSSR count). The molecular formula is C12H13NO3S. The standard InChI is InChI=1S/C12H13NO3S/c1-15-8-3-4-9(11(5-8)16-2)10-7-17-12(14)6-13-10/h3-5H,6-7H2,1-2H3. The van der Waals surface area contributed by atoms with E-state index in [-0.39, 0.29) is 11.7 Å². The number of ether oxygens (including phenoxy) is 2. The number of carbonyl (C=O) groups excluding carboxylic acids is 1. The van der Waals surface area contributed by atoms with Gasteiger partial charge in [-0.2, -0.15) is 0 Å². The monoisotopic (exact) mass is 251 g/mol. The molecular weight excluding hydrogens is 238 g/mol. The Balaban J connectivity index is 2.35. The smallest absolute Gasteiger partial charge is 0.210 e. The van der Waals surface area contributed by atoms with Crippen molar-refractivity contribution >= 4 is 22.6 Å². The lowest BCUT2D eigenvalue weighted by atomic mass is 10.1. The quantitative estimate of drug-likeness (QED) is 0.821. The maximum absolute atomic E-state index is 11.1. The molecule has 0 atom stereocenters. The molecule has 0 unspecified atom stereocenters. The van der Waals surface area contributed by atoms with Gasteiger partial charge in [0, 0.05) is 17.4 Å². The summed E-state index contributed by atoms with van der Waals surface area (Å²) >= 11 is 1.29. The molecule has 90 valence electrons. The molecule has 5 heteroatoms. The molecule has 0 N–H and O–H groups in total. The molecule has 1 aromatic rings. The van der Waals surface area contributed by atoms with Gasteiger partial charge in [-0.05, 0) is 12.1 Å². The van der Waals surface area contributed by atoms with Gasteiger partial charge in [-0.15, -0.1) is 0 Å². The van der Waals surface area contributed by atoms with Gasteiger partial charge in [-0.3, -0.25) is 9.79 Å². The summed E-state index contributed by atoms with van der Waals surface area (Å²) in [5.74, 6) is 2.06.